The van der Waals surface area contributed by atoms with Gasteiger partial charge in [-0.25, -0.2) is 8.78 Å². The molecule has 5 heteroatoms. The summed E-state index contributed by atoms with van der Waals surface area (Å²) in [7, 11) is 0. The van der Waals surface area contributed by atoms with E-state index >= 15 is 0 Å². The molecule has 1 aromatic rings. The summed E-state index contributed by atoms with van der Waals surface area (Å²) in [4.78, 5) is 11.8. The van der Waals surface area contributed by atoms with Gasteiger partial charge in [0.25, 0.3) is 0 Å². The maximum atomic E-state index is 13.2. The number of halogens is 2. The third-order valence-electron chi connectivity index (χ3n) is 2.88. The van der Waals surface area contributed by atoms with Gasteiger partial charge < -0.3 is 11.1 Å². The zero-order valence-electron chi connectivity index (χ0n) is 10.8. The Morgan fingerprint density at radius 2 is 2.00 bits per heavy atom. The van der Waals surface area contributed by atoms with Gasteiger partial charge >= 0.3 is 0 Å². The van der Waals surface area contributed by atoms with Gasteiger partial charge in [0.05, 0.1) is 5.54 Å². The van der Waals surface area contributed by atoms with Crippen LogP contribution in [0.4, 0.5) is 8.78 Å². The van der Waals surface area contributed by atoms with Gasteiger partial charge in [0.1, 0.15) is 0 Å². The minimum Gasteiger partial charge on any atom is -0.347 e. The average molecular weight is 256 g/mol. The van der Waals surface area contributed by atoms with Gasteiger partial charge in [0.15, 0.2) is 11.6 Å². The normalized spacial score (nSPS) is 13.2. The van der Waals surface area contributed by atoms with E-state index in [4.69, 9.17) is 5.73 Å². The van der Waals surface area contributed by atoms with E-state index in [-0.39, 0.29) is 18.4 Å². The second-order valence-corrected chi connectivity index (χ2v) is 4.88. The molecule has 100 valence electrons. The molecule has 1 atom stereocenters. The predicted octanol–water partition coefficient (Wildman–Crippen LogP) is 1.91. The average Bonchev–Trinajstić information content (AvgIpc) is 2.30. The van der Waals surface area contributed by atoms with Crippen LogP contribution in [0, 0.1) is 17.6 Å². The standard InChI is InChI=1S/C13H18F2N2O/c1-8(7-16)12(18)17-13(2,3)9-4-5-10(14)11(15)6-9/h4-6,8H,7,16H2,1-3H3,(H,17,18). The number of carbonyl (C=O) groups excluding carboxylic acids is 1. The Bertz CT molecular complexity index is 447. The van der Waals surface area contributed by atoms with Crippen LogP contribution in [-0.2, 0) is 10.3 Å². The molecule has 1 amide bonds. The molecule has 0 spiro atoms. The fraction of sp³-hybridized carbons (Fsp3) is 0.462. The Labute approximate surface area is 105 Å². The van der Waals surface area contributed by atoms with Gasteiger partial charge in [-0.3, -0.25) is 4.79 Å². The molecule has 0 fully saturated rings. The first-order valence-electron chi connectivity index (χ1n) is 5.75. The van der Waals surface area contributed by atoms with E-state index in [1.165, 1.54) is 6.07 Å². The monoisotopic (exact) mass is 256 g/mol. The van der Waals surface area contributed by atoms with E-state index in [0.717, 1.165) is 12.1 Å². The summed E-state index contributed by atoms with van der Waals surface area (Å²) >= 11 is 0. The lowest BCUT2D eigenvalue weighted by atomic mass is 9.93. The molecule has 0 bridgehead atoms. The number of hydrogen-bond acceptors (Lipinski definition) is 2. The van der Waals surface area contributed by atoms with Crippen molar-refractivity contribution >= 4 is 5.91 Å². The third kappa shape index (κ3) is 3.26. The molecule has 0 aliphatic rings. The third-order valence-corrected chi connectivity index (χ3v) is 2.88. The molecular formula is C13H18F2N2O. The number of rotatable bonds is 4. The zero-order valence-corrected chi connectivity index (χ0v) is 10.8. The van der Waals surface area contributed by atoms with Gasteiger partial charge in [0, 0.05) is 12.5 Å². The van der Waals surface area contributed by atoms with Crippen LogP contribution >= 0.6 is 0 Å². The van der Waals surface area contributed by atoms with Gasteiger partial charge in [0.2, 0.25) is 5.91 Å². The van der Waals surface area contributed by atoms with Crippen LogP contribution in [0.2, 0.25) is 0 Å². The highest BCUT2D eigenvalue weighted by molar-refractivity contribution is 5.79. The van der Waals surface area contributed by atoms with E-state index in [1.54, 1.807) is 20.8 Å². The lowest BCUT2D eigenvalue weighted by Gasteiger charge is -2.28. The summed E-state index contributed by atoms with van der Waals surface area (Å²) in [6.07, 6.45) is 0. The molecule has 1 unspecified atom stereocenters. The first-order valence-corrected chi connectivity index (χ1v) is 5.75. The van der Waals surface area contributed by atoms with Crippen molar-refractivity contribution in [1.29, 1.82) is 0 Å². The Kier molecular flexibility index (Phi) is 4.40. The lowest BCUT2D eigenvalue weighted by Crippen LogP contribution is -2.45. The number of nitrogens with two attached hydrogens (primary N) is 1. The molecule has 0 saturated carbocycles. The van der Waals surface area contributed by atoms with Gasteiger partial charge in [-0.05, 0) is 31.5 Å². The molecule has 0 aromatic heterocycles. The molecule has 1 aromatic carbocycles. The number of hydrogen-bond donors (Lipinski definition) is 2. The van der Waals surface area contributed by atoms with Crippen molar-refractivity contribution in [3.8, 4) is 0 Å². The summed E-state index contributed by atoms with van der Waals surface area (Å²) in [6, 6.07) is 3.58. The minimum absolute atomic E-state index is 0.216. The predicted molar refractivity (Wildman–Crippen MR) is 65.7 cm³/mol. The fourth-order valence-electron chi connectivity index (χ4n) is 1.50. The summed E-state index contributed by atoms with van der Waals surface area (Å²) < 4.78 is 26.0. The van der Waals surface area contributed by atoms with E-state index < -0.39 is 17.2 Å². The summed E-state index contributed by atoms with van der Waals surface area (Å²) in [5.41, 5.74) is 5.12. The van der Waals surface area contributed by atoms with Crippen molar-refractivity contribution in [2.24, 2.45) is 11.7 Å². The highest BCUT2D eigenvalue weighted by Gasteiger charge is 2.25. The topological polar surface area (TPSA) is 55.1 Å². The largest absolute Gasteiger partial charge is 0.347 e. The van der Waals surface area contributed by atoms with Crippen LogP contribution in [0.1, 0.15) is 26.3 Å². The lowest BCUT2D eigenvalue weighted by molar-refractivity contribution is -0.125. The highest BCUT2D eigenvalue weighted by Crippen LogP contribution is 2.22. The second kappa shape index (κ2) is 5.44. The second-order valence-electron chi connectivity index (χ2n) is 4.88. The molecule has 3 N–H and O–H groups in total. The highest BCUT2D eigenvalue weighted by atomic mass is 19.2. The quantitative estimate of drug-likeness (QED) is 0.864. The first-order chi connectivity index (χ1) is 8.27. The molecular weight excluding hydrogens is 238 g/mol. The number of amides is 1. The van der Waals surface area contributed by atoms with Crippen LogP contribution in [0.25, 0.3) is 0 Å². The summed E-state index contributed by atoms with van der Waals surface area (Å²) in [6.45, 7) is 5.39. The van der Waals surface area contributed by atoms with Crippen molar-refractivity contribution in [1.82, 2.24) is 5.32 Å². The van der Waals surface area contributed by atoms with Crippen molar-refractivity contribution < 1.29 is 13.6 Å². The summed E-state index contributed by atoms with van der Waals surface area (Å²) in [5.74, 6) is -2.38. The first kappa shape index (κ1) is 14.6. The van der Waals surface area contributed by atoms with Gasteiger partial charge in [-0.1, -0.05) is 13.0 Å². The van der Waals surface area contributed by atoms with Crippen molar-refractivity contribution in [2.45, 2.75) is 26.3 Å². The molecule has 0 heterocycles. The van der Waals surface area contributed by atoms with Crippen LogP contribution in [0.3, 0.4) is 0 Å². The molecule has 0 saturated heterocycles. The zero-order chi connectivity index (χ0) is 13.9. The van der Waals surface area contributed by atoms with Crippen molar-refractivity contribution in [3.05, 3.63) is 35.4 Å². The van der Waals surface area contributed by atoms with Crippen molar-refractivity contribution in [3.63, 3.8) is 0 Å². The Morgan fingerprint density at radius 1 is 1.39 bits per heavy atom. The number of benzene rings is 1. The number of carbonyl (C=O) groups is 1. The molecule has 0 radical (unpaired) electrons. The maximum Gasteiger partial charge on any atom is 0.224 e. The molecule has 1 rings (SSSR count). The Morgan fingerprint density at radius 3 is 2.50 bits per heavy atom. The van der Waals surface area contributed by atoms with E-state index in [9.17, 15) is 13.6 Å². The molecule has 3 nitrogen and oxygen atoms in total. The SMILES string of the molecule is CC(CN)C(=O)NC(C)(C)c1ccc(F)c(F)c1. The summed E-state index contributed by atoms with van der Waals surface area (Å²) in [5, 5.41) is 2.76. The minimum atomic E-state index is -0.929. The molecule has 0 aliphatic carbocycles. The maximum absolute atomic E-state index is 13.2. The van der Waals surface area contributed by atoms with Crippen molar-refractivity contribution in [2.75, 3.05) is 6.54 Å². The number of nitrogens with one attached hydrogen (secondary N) is 1. The van der Waals surface area contributed by atoms with E-state index in [2.05, 4.69) is 5.32 Å². The molecule has 18 heavy (non-hydrogen) atoms. The van der Waals surface area contributed by atoms with Gasteiger partial charge in [-0.15, -0.1) is 0 Å². The smallest absolute Gasteiger partial charge is 0.224 e. The van der Waals surface area contributed by atoms with E-state index in [1.807, 2.05) is 0 Å². The van der Waals surface area contributed by atoms with Gasteiger partial charge in [-0.2, -0.15) is 0 Å². The van der Waals surface area contributed by atoms with Crippen LogP contribution < -0.4 is 11.1 Å². The van der Waals surface area contributed by atoms with Crippen LogP contribution in [0.5, 0.6) is 0 Å². The molecule has 0 aliphatic heterocycles. The van der Waals surface area contributed by atoms with E-state index in [0.29, 0.717) is 5.56 Å². The van der Waals surface area contributed by atoms with Crippen LogP contribution in [-0.4, -0.2) is 12.5 Å². The Hall–Kier alpha value is -1.49. The fourth-order valence-corrected chi connectivity index (χ4v) is 1.50. The Balaban J connectivity index is 2.92. The van der Waals surface area contributed by atoms with Crippen LogP contribution in [0.15, 0.2) is 18.2 Å².